The van der Waals surface area contributed by atoms with Gasteiger partial charge >= 0.3 is 0 Å². The first-order chi connectivity index (χ1) is 6.79. The average Bonchev–Trinajstić information content (AvgIpc) is 2.65. The molecule has 0 N–H and O–H groups in total. The van der Waals surface area contributed by atoms with Crippen molar-refractivity contribution in [3.8, 4) is 10.4 Å². The first-order valence-electron chi connectivity index (χ1n) is 4.50. The third kappa shape index (κ3) is 2.02. The van der Waals surface area contributed by atoms with Crippen LogP contribution < -0.4 is 0 Å². The molecule has 0 aliphatic rings. The van der Waals surface area contributed by atoms with Crippen LogP contribution in [0.4, 0.5) is 0 Å². The van der Waals surface area contributed by atoms with Crippen LogP contribution in [0.25, 0.3) is 10.4 Å². The minimum Gasteiger partial charge on any atom is -0.141 e. The molecule has 1 aromatic heterocycles. The Morgan fingerprint density at radius 1 is 1.00 bits per heavy atom. The van der Waals surface area contributed by atoms with E-state index in [2.05, 4.69) is 49.6 Å². The molecule has 2 rings (SSSR count). The molecule has 0 nitrogen and oxygen atoms in total. The SMILES string of the molecule is CSc1ccc(-c2ccc(C)s2)cc1. The third-order valence-corrected chi connectivity index (χ3v) is 3.91. The van der Waals surface area contributed by atoms with Gasteiger partial charge in [-0.25, -0.2) is 0 Å². The summed E-state index contributed by atoms with van der Waals surface area (Å²) in [6.07, 6.45) is 2.10. The highest BCUT2D eigenvalue weighted by molar-refractivity contribution is 7.98. The van der Waals surface area contributed by atoms with E-state index in [1.165, 1.54) is 20.2 Å². The molecule has 72 valence electrons. The van der Waals surface area contributed by atoms with Crippen LogP contribution in [-0.4, -0.2) is 6.26 Å². The fourth-order valence-electron chi connectivity index (χ4n) is 1.34. The maximum atomic E-state index is 2.19. The minimum atomic E-state index is 1.32. The first-order valence-corrected chi connectivity index (χ1v) is 6.54. The second-order valence-corrected chi connectivity index (χ2v) is 5.31. The Balaban J connectivity index is 2.33. The molecular formula is C12H12S2. The molecule has 1 heterocycles. The Labute approximate surface area is 93.0 Å². The van der Waals surface area contributed by atoms with Gasteiger partial charge in [0.2, 0.25) is 0 Å². The van der Waals surface area contributed by atoms with Crippen molar-refractivity contribution in [1.82, 2.24) is 0 Å². The molecule has 0 radical (unpaired) electrons. The Bertz CT molecular complexity index is 412. The summed E-state index contributed by atoms with van der Waals surface area (Å²) in [6, 6.07) is 13.1. The summed E-state index contributed by atoms with van der Waals surface area (Å²) < 4.78 is 0. The monoisotopic (exact) mass is 220 g/mol. The Morgan fingerprint density at radius 3 is 2.21 bits per heavy atom. The van der Waals surface area contributed by atoms with E-state index < -0.39 is 0 Å². The van der Waals surface area contributed by atoms with Gasteiger partial charge in [-0.15, -0.1) is 23.1 Å². The topological polar surface area (TPSA) is 0 Å². The van der Waals surface area contributed by atoms with E-state index in [0.29, 0.717) is 0 Å². The van der Waals surface area contributed by atoms with E-state index in [-0.39, 0.29) is 0 Å². The number of benzene rings is 1. The summed E-state index contributed by atoms with van der Waals surface area (Å²) in [7, 11) is 0. The fraction of sp³-hybridized carbons (Fsp3) is 0.167. The number of hydrogen-bond acceptors (Lipinski definition) is 2. The van der Waals surface area contributed by atoms with Gasteiger partial charge in [0.05, 0.1) is 0 Å². The fourth-order valence-corrected chi connectivity index (χ4v) is 2.63. The van der Waals surface area contributed by atoms with Crippen LogP contribution in [0.2, 0.25) is 0 Å². The van der Waals surface area contributed by atoms with Gasteiger partial charge in [-0.2, -0.15) is 0 Å². The van der Waals surface area contributed by atoms with Crippen molar-refractivity contribution in [1.29, 1.82) is 0 Å². The lowest BCUT2D eigenvalue weighted by molar-refractivity contribution is 1.47. The highest BCUT2D eigenvalue weighted by atomic mass is 32.2. The molecule has 0 amide bonds. The van der Waals surface area contributed by atoms with Crippen LogP contribution in [0.15, 0.2) is 41.3 Å². The summed E-state index contributed by atoms with van der Waals surface area (Å²) in [4.78, 5) is 4.05. The van der Waals surface area contributed by atoms with E-state index in [4.69, 9.17) is 0 Å². The molecule has 0 unspecified atom stereocenters. The summed E-state index contributed by atoms with van der Waals surface area (Å²) in [5.74, 6) is 0. The van der Waals surface area contributed by atoms with Gasteiger partial charge in [-0.3, -0.25) is 0 Å². The summed E-state index contributed by atoms with van der Waals surface area (Å²) >= 11 is 3.63. The van der Waals surface area contributed by atoms with Gasteiger partial charge in [0.1, 0.15) is 0 Å². The zero-order valence-corrected chi connectivity index (χ0v) is 9.91. The summed E-state index contributed by atoms with van der Waals surface area (Å²) in [5, 5.41) is 0. The Morgan fingerprint density at radius 2 is 1.71 bits per heavy atom. The zero-order valence-electron chi connectivity index (χ0n) is 8.28. The second kappa shape index (κ2) is 4.20. The lowest BCUT2D eigenvalue weighted by Gasteiger charge is -1.98. The number of thioether (sulfide) groups is 1. The molecule has 0 fully saturated rings. The predicted molar refractivity (Wildman–Crippen MR) is 66.3 cm³/mol. The molecule has 0 bridgehead atoms. The van der Waals surface area contributed by atoms with E-state index in [0.717, 1.165) is 0 Å². The maximum absolute atomic E-state index is 2.19. The van der Waals surface area contributed by atoms with Crippen LogP contribution in [0, 0.1) is 6.92 Å². The summed E-state index contributed by atoms with van der Waals surface area (Å²) in [6.45, 7) is 2.14. The van der Waals surface area contributed by atoms with Gasteiger partial charge in [0, 0.05) is 14.6 Å². The maximum Gasteiger partial charge on any atom is 0.0345 e. The van der Waals surface area contributed by atoms with Crippen LogP contribution in [0.5, 0.6) is 0 Å². The highest BCUT2D eigenvalue weighted by Crippen LogP contribution is 2.28. The second-order valence-electron chi connectivity index (χ2n) is 3.14. The van der Waals surface area contributed by atoms with Crippen LogP contribution in [0.3, 0.4) is 0 Å². The van der Waals surface area contributed by atoms with Crippen molar-refractivity contribution < 1.29 is 0 Å². The summed E-state index contributed by atoms with van der Waals surface area (Å²) in [5.41, 5.74) is 1.32. The van der Waals surface area contributed by atoms with Crippen molar-refractivity contribution in [2.75, 3.05) is 6.26 Å². The smallest absolute Gasteiger partial charge is 0.0345 e. The molecule has 0 aliphatic carbocycles. The molecule has 0 spiro atoms. The van der Waals surface area contributed by atoms with Crippen LogP contribution in [-0.2, 0) is 0 Å². The lowest BCUT2D eigenvalue weighted by Crippen LogP contribution is -1.72. The van der Waals surface area contributed by atoms with E-state index >= 15 is 0 Å². The largest absolute Gasteiger partial charge is 0.141 e. The van der Waals surface area contributed by atoms with Crippen molar-refractivity contribution in [3.63, 3.8) is 0 Å². The quantitative estimate of drug-likeness (QED) is 0.674. The molecule has 0 atom stereocenters. The van der Waals surface area contributed by atoms with E-state index in [9.17, 15) is 0 Å². The van der Waals surface area contributed by atoms with Gasteiger partial charge in [0.25, 0.3) is 0 Å². The van der Waals surface area contributed by atoms with Crippen molar-refractivity contribution in [2.24, 2.45) is 0 Å². The van der Waals surface area contributed by atoms with Crippen molar-refractivity contribution in [2.45, 2.75) is 11.8 Å². The van der Waals surface area contributed by atoms with Gasteiger partial charge in [0.15, 0.2) is 0 Å². The molecule has 0 aliphatic heterocycles. The molecule has 2 heteroatoms. The zero-order chi connectivity index (χ0) is 9.97. The average molecular weight is 220 g/mol. The van der Waals surface area contributed by atoms with Crippen molar-refractivity contribution in [3.05, 3.63) is 41.3 Å². The first kappa shape index (κ1) is 9.81. The molecule has 0 saturated heterocycles. The molecule has 2 aromatic rings. The number of aryl methyl sites for hydroxylation is 1. The van der Waals surface area contributed by atoms with E-state index in [1.807, 2.05) is 11.3 Å². The molecule has 1 aromatic carbocycles. The van der Waals surface area contributed by atoms with Gasteiger partial charge in [-0.05, 0) is 43.0 Å². The molecular weight excluding hydrogens is 208 g/mol. The van der Waals surface area contributed by atoms with Crippen LogP contribution >= 0.6 is 23.1 Å². The number of rotatable bonds is 2. The van der Waals surface area contributed by atoms with Gasteiger partial charge in [-0.1, -0.05) is 12.1 Å². The van der Waals surface area contributed by atoms with Crippen molar-refractivity contribution >= 4 is 23.1 Å². The Hall–Kier alpha value is -0.730. The number of thiophene rings is 1. The molecule has 14 heavy (non-hydrogen) atoms. The lowest BCUT2D eigenvalue weighted by atomic mass is 10.2. The number of hydrogen-bond donors (Lipinski definition) is 0. The standard InChI is InChI=1S/C12H12S2/c1-9-3-8-12(14-9)10-4-6-11(13-2)7-5-10/h3-8H,1-2H3. The minimum absolute atomic E-state index is 1.32. The van der Waals surface area contributed by atoms with Gasteiger partial charge < -0.3 is 0 Å². The van der Waals surface area contributed by atoms with E-state index in [1.54, 1.807) is 11.8 Å². The van der Waals surface area contributed by atoms with Crippen LogP contribution in [0.1, 0.15) is 4.88 Å². The third-order valence-electron chi connectivity index (χ3n) is 2.11. The molecule has 0 saturated carbocycles. The predicted octanol–water partition coefficient (Wildman–Crippen LogP) is 4.45. The normalized spacial score (nSPS) is 10.4. The highest BCUT2D eigenvalue weighted by Gasteiger charge is 1.99. The Kier molecular flexibility index (Phi) is 2.94.